The summed E-state index contributed by atoms with van der Waals surface area (Å²) in [4.78, 5) is 36.6. The van der Waals surface area contributed by atoms with E-state index in [0.29, 0.717) is 11.6 Å². The number of benzene rings is 2. The normalized spacial score (nSPS) is 11.8. The number of hydrogen-bond acceptors (Lipinski definition) is 5. The van der Waals surface area contributed by atoms with Gasteiger partial charge in [0.15, 0.2) is 11.5 Å². The van der Waals surface area contributed by atoms with E-state index >= 15 is 0 Å². The number of esters is 1. The first-order valence-corrected chi connectivity index (χ1v) is 8.99. The van der Waals surface area contributed by atoms with E-state index in [1.807, 2.05) is 31.2 Å². The molecule has 0 saturated carbocycles. The molecular weight excluding hydrogens is 382 g/mol. The van der Waals surface area contributed by atoms with Gasteiger partial charge >= 0.3 is 5.97 Å². The summed E-state index contributed by atoms with van der Waals surface area (Å²) < 4.78 is 10.5. The average Bonchev–Trinajstić information content (AvgIpc) is 2.67. The first kappa shape index (κ1) is 19.6. The minimum Gasteiger partial charge on any atom is -0.449 e. The molecule has 1 atom stereocenters. The summed E-state index contributed by atoms with van der Waals surface area (Å²) in [5, 5.41) is 3.34. The molecule has 1 N–H and O–H groups in total. The van der Waals surface area contributed by atoms with Crippen molar-refractivity contribution in [1.29, 1.82) is 0 Å². The van der Waals surface area contributed by atoms with Gasteiger partial charge in [-0.05, 0) is 37.6 Å². The van der Waals surface area contributed by atoms with Crippen molar-refractivity contribution in [2.45, 2.75) is 26.5 Å². The van der Waals surface area contributed by atoms with E-state index < -0.39 is 23.4 Å². The Morgan fingerprint density at radius 3 is 2.57 bits per heavy atom. The van der Waals surface area contributed by atoms with Crippen molar-refractivity contribution < 1.29 is 18.7 Å². The molecule has 0 bridgehead atoms. The van der Waals surface area contributed by atoms with E-state index in [-0.39, 0.29) is 16.7 Å². The van der Waals surface area contributed by atoms with Gasteiger partial charge in [-0.1, -0.05) is 41.4 Å². The SMILES string of the molecule is Cc1ccc(CNC(=O)[C@@H](C)OC(=O)c2cc(=O)c3cc(Cl)ccc3o2)cc1. The number of halogens is 1. The number of nitrogens with one attached hydrogen (secondary N) is 1. The molecule has 0 saturated heterocycles. The van der Waals surface area contributed by atoms with Gasteiger partial charge in [0.05, 0.1) is 5.39 Å². The zero-order valence-corrected chi connectivity index (χ0v) is 16.1. The first-order valence-electron chi connectivity index (χ1n) is 8.61. The molecule has 1 aromatic heterocycles. The summed E-state index contributed by atoms with van der Waals surface area (Å²) in [5.74, 6) is -1.63. The molecule has 28 heavy (non-hydrogen) atoms. The zero-order valence-electron chi connectivity index (χ0n) is 15.3. The highest BCUT2D eigenvalue weighted by Gasteiger charge is 2.21. The molecule has 7 heteroatoms. The second kappa shape index (κ2) is 8.27. The molecule has 3 aromatic rings. The lowest BCUT2D eigenvalue weighted by Crippen LogP contribution is -2.35. The maximum absolute atomic E-state index is 12.3. The maximum atomic E-state index is 12.3. The third kappa shape index (κ3) is 4.58. The fourth-order valence-electron chi connectivity index (χ4n) is 2.54. The van der Waals surface area contributed by atoms with E-state index in [1.54, 1.807) is 6.07 Å². The number of aryl methyl sites for hydroxylation is 1. The van der Waals surface area contributed by atoms with Gasteiger partial charge in [0.1, 0.15) is 5.58 Å². The molecule has 1 heterocycles. The van der Waals surface area contributed by atoms with Gasteiger partial charge < -0.3 is 14.5 Å². The van der Waals surface area contributed by atoms with Gasteiger partial charge in [0.2, 0.25) is 5.76 Å². The first-order chi connectivity index (χ1) is 13.3. The highest BCUT2D eigenvalue weighted by molar-refractivity contribution is 6.31. The van der Waals surface area contributed by atoms with Crippen LogP contribution in [0.5, 0.6) is 0 Å². The van der Waals surface area contributed by atoms with Gasteiger partial charge in [-0.3, -0.25) is 9.59 Å². The van der Waals surface area contributed by atoms with Crippen LogP contribution in [0, 0.1) is 6.92 Å². The lowest BCUT2D eigenvalue weighted by Gasteiger charge is -2.13. The van der Waals surface area contributed by atoms with Crippen LogP contribution in [0.2, 0.25) is 5.02 Å². The summed E-state index contributed by atoms with van der Waals surface area (Å²) >= 11 is 5.86. The summed E-state index contributed by atoms with van der Waals surface area (Å²) in [6.07, 6.45) is -1.05. The van der Waals surface area contributed by atoms with Crippen LogP contribution in [-0.4, -0.2) is 18.0 Å². The predicted octanol–water partition coefficient (Wildman–Crippen LogP) is 3.62. The number of fused-ring (bicyclic) bond motifs is 1. The second-order valence-electron chi connectivity index (χ2n) is 6.37. The lowest BCUT2D eigenvalue weighted by atomic mass is 10.1. The second-order valence-corrected chi connectivity index (χ2v) is 6.80. The highest BCUT2D eigenvalue weighted by atomic mass is 35.5. The van der Waals surface area contributed by atoms with Crippen LogP contribution < -0.4 is 10.7 Å². The standard InChI is InChI=1S/C21H18ClNO5/c1-12-3-5-14(6-4-12)11-23-20(25)13(2)27-21(26)19-10-17(24)16-9-15(22)7-8-18(16)28-19/h3-10,13H,11H2,1-2H3,(H,23,25)/t13-/m1/s1. The molecular formula is C21H18ClNO5. The Morgan fingerprint density at radius 1 is 1.14 bits per heavy atom. The van der Waals surface area contributed by atoms with E-state index in [2.05, 4.69) is 5.32 Å². The molecule has 6 nitrogen and oxygen atoms in total. The van der Waals surface area contributed by atoms with Gasteiger partial charge in [0, 0.05) is 17.6 Å². The van der Waals surface area contributed by atoms with Crippen LogP contribution in [-0.2, 0) is 16.1 Å². The van der Waals surface area contributed by atoms with Crippen molar-refractivity contribution in [3.63, 3.8) is 0 Å². The Kier molecular flexibility index (Phi) is 5.80. The monoisotopic (exact) mass is 399 g/mol. The van der Waals surface area contributed by atoms with Gasteiger partial charge in [-0.2, -0.15) is 0 Å². The number of hydrogen-bond donors (Lipinski definition) is 1. The van der Waals surface area contributed by atoms with Gasteiger partial charge in [-0.25, -0.2) is 4.79 Å². The summed E-state index contributed by atoms with van der Waals surface area (Å²) in [5.41, 5.74) is 1.83. The molecule has 0 aliphatic heterocycles. The van der Waals surface area contributed by atoms with E-state index in [0.717, 1.165) is 17.2 Å². The van der Waals surface area contributed by atoms with Crippen LogP contribution in [0.25, 0.3) is 11.0 Å². The fraction of sp³-hybridized carbons (Fsp3) is 0.190. The van der Waals surface area contributed by atoms with Gasteiger partial charge in [0.25, 0.3) is 5.91 Å². The zero-order chi connectivity index (χ0) is 20.3. The number of amides is 1. The quantitative estimate of drug-likeness (QED) is 0.662. The molecule has 0 radical (unpaired) electrons. The summed E-state index contributed by atoms with van der Waals surface area (Å²) in [6, 6.07) is 13.2. The molecule has 144 valence electrons. The van der Waals surface area contributed by atoms with E-state index in [9.17, 15) is 14.4 Å². The third-order valence-electron chi connectivity index (χ3n) is 4.13. The average molecular weight is 400 g/mol. The minimum absolute atomic E-state index is 0.209. The molecule has 2 aromatic carbocycles. The van der Waals surface area contributed by atoms with Crippen LogP contribution >= 0.6 is 11.6 Å². The smallest absolute Gasteiger partial charge is 0.375 e. The van der Waals surface area contributed by atoms with Crippen molar-refractivity contribution in [3.05, 3.63) is 80.7 Å². The summed E-state index contributed by atoms with van der Waals surface area (Å²) in [7, 11) is 0. The largest absolute Gasteiger partial charge is 0.449 e. The molecule has 0 aliphatic rings. The Bertz CT molecular complexity index is 1090. The third-order valence-corrected chi connectivity index (χ3v) is 4.37. The number of ether oxygens (including phenoxy) is 1. The fourth-order valence-corrected chi connectivity index (χ4v) is 2.71. The highest BCUT2D eigenvalue weighted by Crippen LogP contribution is 2.18. The molecule has 3 rings (SSSR count). The van der Waals surface area contributed by atoms with Crippen molar-refractivity contribution in [2.75, 3.05) is 0 Å². The Hall–Kier alpha value is -3.12. The minimum atomic E-state index is -1.05. The maximum Gasteiger partial charge on any atom is 0.375 e. The topological polar surface area (TPSA) is 85.6 Å². The number of carbonyl (C=O) groups excluding carboxylic acids is 2. The van der Waals surface area contributed by atoms with Crippen LogP contribution in [0.1, 0.15) is 28.6 Å². The Balaban J connectivity index is 1.65. The van der Waals surface area contributed by atoms with E-state index in [4.69, 9.17) is 20.8 Å². The van der Waals surface area contributed by atoms with E-state index in [1.165, 1.54) is 19.1 Å². The Morgan fingerprint density at radius 2 is 1.86 bits per heavy atom. The van der Waals surface area contributed by atoms with Gasteiger partial charge in [-0.15, -0.1) is 0 Å². The molecule has 0 fully saturated rings. The number of rotatable bonds is 5. The van der Waals surface area contributed by atoms with Crippen molar-refractivity contribution in [1.82, 2.24) is 5.32 Å². The van der Waals surface area contributed by atoms with Crippen molar-refractivity contribution in [2.24, 2.45) is 0 Å². The van der Waals surface area contributed by atoms with Crippen LogP contribution in [0.3, 0.4) is 0 Å². The molecule has 0 spiro atoms. The van der Waals surface area contributed by atoms with Crippen LogP contribution in [0.15, 0.2) is 57.7 Å². The number of carbonyl (C=O) groups is 2. The van der Waals surface area contributed by atoms with Crippen molar-refractivity contribution in [3.8, 4) is 0 Å². The Labute approximate surface area is 166 Å². The van der Waals surface area contributed by atoms with Crippen molar-refractivity contribution >= 4 is 34.4 Å². The summed E-state index contributed by atoms with van der Waals surface area (Å²) in [6.45, 7) is 3.73. The lowest BCUT2D eigenvalue weighted by molar-refractivity contribution is -0.129. The molecule has 0 unspecified atom stereocenters. The molecule has 1 amide bonds. The molecule has 0 aliphatic carbocycles. The predicted molar refractivity (Wildman–Crippen MR) is 105 cm³/mol. The van der Waals surface area contributed by atoms with Crippen LogP contribution in [0.4, 0.5) is 0 Å².